The fraction of sp³-hybridized carbons (Fsp3) is 0. The summed E-state index contributed by atoms with van der Waals surface area (Å²) in [6.45, 7) is 0. The quantitative estimate of drug-likeness (QED) is 0.636. The predicted octanol–water partition coefficient (Wildman–Crippen LogP) is 5.78. The maximum absolute atomic E-state index is 13.6. The zero-order valence-corrected chi connectivity index (χ0v) is 13.5. The van der Waals surface area contributed by atoms with E-state index in [2.05, 4.69) is 5.32 Å². The minimum absolute atomic E-state index is 0.0511. The molecule has 1 N–H and O–H groups in total. The Bertz CT molecular complexity index is 925. The first-order chi connectivity index (χ1) is 11.5. The Morgan fingerprint density at radius 2 is 1.83 bits per heavy atom. The van der Waals surface area contributed by atoms with Crippen LogP contribution in [0, 0.1) is 11.6 Å². The highest BCUT2D eigenvalue weighted by molar-refractivity contribution is 6.43. The highest BCUT2D eigenvalue weighted by Gasteiger charge is 2.16. The zero-order valence-electron chi connectivity index (χ0n) is 11.9. The van der Waals surface area contributed by atoms with Crippen molar-refractivity contribution in [2.45, 2.75) is 0 Å². The summed E-state index contributed by atoms with van der Waals surface area (Å²) < 4.78 is 31.9. The third-order valence-corrected chi connectivity index (χ3v) is 4.05. The van der Waals surface area contributed by atoms with Crippen LogP contribution in [0.25, 0.3) is 11.3 Å². The van der Waals surface area contributed by atoms with Gasteiger partial charge in [-0.25, -0.2) is 8.78 Å². The average Bonchev–Trinajstić information content (AvgIpc) is 3.02. The molecule has 0 radical (unpaired) electrons. The molecule has 0 atom stereocenters. The van der Waals surface area contributed by atoms with Gasteiger partial charge in [0.25, 0.3) is 5.91 Å². The van der Waals surface area contributed by atoms with E-state index in [0.717, 1.165) is 12.1 Å². The number of halogens is 4. The van der Waals surface area contributed by atoms with Gasteiger partial charge in [0.1, 0.15) is 17.4 Å². The Hall–Kier alpha value is -2.37. The number of hydrogen-bond donors (Lipinski definition) is 1. The summed E-state index contributed by atoms with van der Waals surface area (Å²) in [4.78, 5) is 12.1. The Labute approximate surface area is 145 Å². The number of rotatable bonds is 3. The van der Waals surface area contributed by atoms with Crippen LogP contribution >= 0.6 is 23.2 Å². The van der Waals surface area contributed by atoms with Crippen LogP contribution < -0.4 is 5.32 Å². The molecule has 0 fully saturated rings. The van der Waals surface area contributed by atoms with Gasteiger partial charge in [0.05, 0.1) is 15.7 Å². The summed E-state index contributed by atoms with van der Waals surface area (Å²) in [5.74, 6) is -2.00. The standard InChI is InChI=1S/C17H9Cl2F2NO2/c18-11-3-1-2-10(16(11)19)14-6-7-15(24-14)17(23)22-13-5-4-9(20)8-12(13)21/h1-8H,(H,22,23). The second kappa shape index (κ2) is 6.63. The highest BCUT2D eigenvalue weighted by Crippen LogP contribution is 2.34. The van der Waals surface area contributed by atoms with Gasteiger partial charge in [0, 0.05) is 11.6 Å². The highest BCUT2D eigenvalue weighted by atomic mass is 35.5. The van der Waals surface area contributed by atoms with E-state index in [-0.39, 0.29) is 11.4 Å². The molecule has 122 valence electrons. The van der Waals surface area contributed by atoms with E-state index in [4.69, 9.17) is 27.6 Å². The summed E-state index contributed by atoms with van der Waals surface area (Å²) in [5, 5.41) is 2.96. The summed E-state index contributed by atoms with van der Waals surface area (Å²) in [5.41, 5.74) is 0.372. The van der Waals surface area contributed by atoms with Crippen molar-refractivity contribution in [3.05, 3.63) is 76.0 Å². The van der Waals surface area contributed by atoms with Crippen LogP contribution in [-0.4, -0.2) is 5.91 Å². The van der Waals surface area contributed by atoms with Crippen molar-refractivity contribution in [2.75, 3.05) is 5.32 Å². The van der Waals surface area contributed by atoms with Crippen molar-refractivity contribution in [2.24, 2.45) is 0 Å². The predicted molar refractivity (Wildman–Crippen MR) is 88.5 cm³/mol. The number of anilines is 1. The largest absolute Gasteiger partial charge is 0.451 e. The number of nitrogens with one attached hydrogen (secondary N) is 1. The molecular formula is C17H9Cl2F2NO2. The number of hydrogen-bond acceptors (Lipinski definition) is 2. The van der Waals surface area contributed by atoms with Crippen molar-refractivity contribution in [1.29, 1.82) is 0 Å². The van der Waals surface area contributed by atoms with Gasteiger partial charge < -0.3 is 9.73 Å². The molecule has 1 amide bonds. The van der Waals surface area contributed by atoms with E-state index in [1.54, 1.807) is 24.3 Å². The third kappa shape index (κ3) is 3.27. The molecule has 0 spiro atoms. The molecule has 7 heteroatoms. The Balaban J connectivity index is 1.85. The molecular weight excluding hydrogens is 359 g/mol. The van der Waals surface area contributed by atoms with Crippen molar-refractivity contribution >= 4 is 34.8 Å². The molecule has 24 heavy (non-hydrogen) atoms. The van der Waals surface area contributed by atoms with Gasteiger partial charge in [-0.3, -0.25) is 4.79 Å². The summed E-state index contributed by atoms with van der Waals surface area (Å²) in [6, 6.07) is 10.8. The van der Waals surface area contributed by atoms with Crippen LogP contribution in [0.3, 0.4) is 0 Å². The molecule has 0 saturated heterocycles. The number of benzene rings is 2. The van der Waals surface area contributed by atoms with E-state index in [1.807, 2.05) is 0 Å². The maximum atomic E-state index is 13.6. The molecule has 2 aromatic carbocycles. The second-order valence-corrected chi connectivity index (χ2v) is 5.63. The molecule has 0 saturated carbocycles. The minimum atomic E-state index is -0.881. The zero-order chi connectivity index (χ0) is 17.3. The van der Waals surface area contributed by atoms with Gasteiger partial charge in [-0.05, 0) is 36.4 Å². The number of carbonyl (C=O) groups is 1. The fourth-order valence-corrected chi connectivity index (χ4v) is 2.47. The van der Waals surface area contributed by atoms with Crippen LogP contribution in [0.4, 0.5) is 14.5 Å². The number of carbonyl (C=O) groups excluding carboxylic acids is 1. The molecule has 0 bridgehead atoms. The normalized spacial score (nSPS) is 10.7. The second-order valence-electron chi connectivity index (χ2n) is 4.84. The summed E-state index contributed by atoms with van der Waals surface area (Å²) in [7, 11) is 0. The molecule has 0 aliphatic carbocycles. The molecule has 0 aliphatic rings. The van der Waals surface area contributed by atoms with Gasteiger partial charge in [0.2, 0.25) is 0 Å². The van der Waals surface area contributed by atoms with Gasteiger partial charge >= 0.3 is 0 Å². The lowest BCUT2D eigenvalue weighted by Crippen LogP contribution is -2.12. The molecule has 3 rings (SSSR count). The van der Waals surface area contributed by atoms with Gasteiger partial charge in [-0.2, -0.15) is 0 Å². The Morgan fingerprint density at radius 3 is 2.58 bits per heavy atom. The minimum Gasteiger partial charge on any atom is -0.451 e. The lowest BCUT2D eigenvalue weighted by atomic mass is 10.2. The lowest BCUT2D eigenvalue weighted by molar-refractivity contribution is 0.0997. The average molecular weight is 368 g/mol. The van der Waals surface area contributed by atoms with Gasteiger partial charge in [-0.1, -0.05) is 29.3 Å². The first kappa shape index (κ1) is 16.5. The monoisotopic (exact) mass is 367 g/mol. The van der Waals surface area contributed by atoms with E-state index in [0.29, 0.717) is 27.4 Å². The summed E-state index contributed by atoms with van der Waals surface area (Å²) in [6.07, 6.45) is 0. The fourth-order valence-electron chi connectivity index (χ4n) is 2.07. The van der Waals surface area contributed by atoms with Crippen molar-refractivity contribution in [1.82, 2.24) is 0 Å². The van der Waals surface area contributed by atoms with E-state index in [1.165, 1.54) is 6.07 Å². The summed E-state index contributed by atoms with van der Waals surface area (Å²) >= 11 is 12.0. The van der Waals surface area contributed by atoms with Crippen LogP contribution in [0.1, 0.15) is 10.6 Å². The van der Waals surface area contributed by atoms with Crippen LogP contribution in [0.15, 0.2) is 52.9 Å². The molecule has 0 unspecified atom stereocenters. The SMILES string of the molecule is O=C(Nc1ccc(F)cc1F)c1ccc(-c2cccc(Cl)c2Cl)o1. The first-order valence-electron chi connectivity index (χ1n) is 6.76. The van der Waals surface area contributed by atoms with Gasteiger partial charge in [-0.15, -0.1) is 0 Å². The molecule has 1 aromatic heterocycles. The maximum Gasteiger partial charge on any atom is 0.291 e. The lowest BCUT2D eigenvalue weighted by Gasteiger charge is -2.05. The first-order valence-corrected chi connectivity index (χ1v) is 7.52. The third-order valence-electron chi connectivity index (χ3n) is 3.23. The van der Waals surface area contributed by atoms with E-state index in [9.17, 15) is 13.6 Å². The molecule has 3 nitrogen and oxygen atoms in total. The van der Waals surface area contributed by atoms with Crippen molar-refractivity contribution in [3.63, 3.8) is 0 Å². The molecule has 0 aliphatic heterocycles. The van der Waals surface area contributed by atoms with Crippen molar-refractivity contribution < 1.29 is 18.0 Å². The van der Waals surface area contributed by atoms with Crippen LogP contribution in [0.2, 0.25) is 10.0 Å². The van der Waals surface area contributed by atoms with Crippen molar-refractivity contribution in [3.8, 4) is 11.3 Å². The molecule has 1 heterocycles. The van der Waals surface area contributed by atoms with Gasteiger partial charge in [0.15, 0.2) is 5.76 Å². The van der Waals surface area contributed by atoms with E-state index < -0.39 is 17.5 Å². The van der Waals surface area contributed by atoms with E-state index >= 15 is 0 Å². The topological polar surface area (TPSA) is 42.2 Å². The smallest absolute Gasteiger partial charge is 0.291 e. The Morgan fingerprint density at radius 1 is 1.04 bits per heavy atom. The number of amides is 1. The number of furan rings is 1. The Kier molecular flexibility index (Phi) is 4.55. The van der Waals surface area contributed by atoms with Crippen LogP contribution in [0.5, 0.6) is 0 Å². The van der Waals surface area contributed by atoms with Crippen LogP contribution in [-0.2, 0) is 0 Å². The molecule has 3 aromatic rings.